The molecule has 0 saturated heterocycles. The number of H-pyrrole nitrogens is 2. The summed E-state index contributed by atoms with van der Waals surface area (Å²) in [5, 5.41) is 0. The van der Waals surface area contributed by atoms with Crippen LogP contribution in [0.15, 0.2) is 85.7 Å². The summed E-state index contributed by atoms with van der Waals surface area (Å²) in [6.45, 7) is 0. The van der Waals surface area contributed by atoms with Gasteiger partial charge in [-0.25, -0.2) is 0 Å². The molecular weight excluding hydrogens is 272 g/mol. The summed E-state index contributed by atoms with van der Waals surface area (Å²) < 4.78 is 0. The number of hydrogen-bond acceptors (Lipinski definition) is 2. The molecule has 0 radical (unpaired) electrons. The van der Waals surface area contributed by atoms with Gasteiger partial charge in [0.25, 0.3) is 0 Å². The maximum absolute atomic E-state index is 4.20. The van der Waals surface area contributed by atoms with Crippen molar-refractivity contribution in [1.82, 2.24) is 19.9 Å². The van der Waals surface area contributed by atoms with E-state index in [1.165, 1.54) is 0 Å². The predicted molar refractivity (Wildman–Crippen MR) is 88.0 cm³/mol. The van der Waals surface area contributed by atoms with Crippen molar-refractivity contribution in [2.24, 2.45) is 0 Å². The molecule has 0 unspecified atom stereocenters. The Hall–Kier alpha value is -3.14. The molecule has 0 aliphatic rings. The van der Waals surface area contributed by atoms with Gasteiger partial charge in [0.2, 0.25) is 0 Å². The van der Waals surface area contributed by atoms with E-state index in [-0.39, 0.29) is 0 Å². The minimum Gasteiger partial charge on any atom is -0.367 e. The van der Waals surface area contributed by atoms with E-state index in [9.17, 15) is 0 Å². The summed E-state index contributed by atoms with van der Waals surface area (Å²) in [7, 11) is 0. The Kier molecular flexibility index (Phi) is 4.42. The van der Waals surface area contributed by atoms with Crippen molar-refractivity contribution in [3.8, 4) is 22.5 Å². The van der Waals surface area contributed by atoms with Gasteiger partial charge in [-0.3, -0.25) is 9.97 Å². The number of aromatic nitrogens is 4. The van der Waals surface area contributed by atoms with E-state index in [1.54, 1.807) is 12.4 Å². The summed E-state index contributed by atoms with van der Waals surface area (Å²) >= 11 is 0. The zero-order chi connectivity index (χ0) is 15.0. The smallest absolute Gasteiger partial charge is 0.0717 e. The molecule has 2 N–H and O–H groups in total. The first-order chi connectivity index (χ1) is 10.9. The van der Waals surface area contributed by atoms with Crippen molar-refractivity contribution in [2.75, 3.05) is 0 Å². The minimum atomic E-state index is 1.01. The Balaban J connectivity index is 0.000000131. The zero-order valence-electron chi connectivity index (χ0n) is 12.0. The third kappa shape index (κ3) is 3.49. The highest BCUT2D eigenvalue weighted by Gasteiger charge is 1.95. The van der Waals surface area contributed by atoms with Crippen LogP contribution in [0.25, 0.3) is 22.5 Å². The van der Waals surface area contributed by atoms with Crippen molar-refractivity contribution in [2.45, 2.75) is 0 Å². The van der Waals surface area contributed by atoms with E-state index in [4.69, 9.17) is 0 Å². The minimum absolute atomic E-state index is 1.01. The summed E-state index contributed by atoms with van der Waals surface area (Å²) in [5.41, 5.74) is 4.28. The molecular formula is C18H16N4. The van der Waals surface area contributed by atoms with Gasteiger partial charge in [-0.1, -0.05) is 12.1 Å². The van der Waals surface area contributed by atoms with Crippen LogP contribution in [0.1, 0.15) is 0 Å². The van der Waals surface area contributed by atoms with Crippen LogP contribution in [-0.4, -0.2) is 19.9 Å². The Morgan fingerprint density at radius 3 is 1.41 bits per heavy atom. The van der Waals surface area contributed by atoms with Crippen molar-refractivity contribution < 1.29 is 0 Å². The van der Waals surface area contributed by atoms with Crippen LogP contribution in [0.3, 0.4) is 0 Å². The van der Waals surface area contributed by atoms with Crippen LogP contribution in [0, 0.1) is 0 Å². The number of aromatic amines is 2. The molecule has 4 aromatic heterocycles. The Morgan fingerprint density at radius 1 is 0.591 bits per heavy atom. The summed E-state index contributed by atoms with van der Waals surface area (Å²) in [5.74, 6) is 0. The fourth-order valence-electron chi connectivity index (χ4n) is 2.03. The quantitative estimate of drug-likeness (QED) is 0.582. The summed E-state index contributed by atoms with van der Waals surface area (Å²) in [6.07, 6.45) is 11.2. The SMILES string of the molecule is c1ccc(-c2cc[nH]c2)nc1.c1ccc(-c2cc[nH]c2)nc1. The lowest BCUT2D eigenvalue weighted by molar-refractivity contribution is 1.32. The van der Waals surface area contributed by atoms with Gasteiger partial charge >= 0.3 is 0 Å². The standard InChI is InChI=1S/2C9H8N2/c2*1-2-5-11-9(3-1)8-4-6-10-7-8/h2*1-7,10H. The fraction of sp³-hybridized carbons (Fsp3) is 0. The first kappa shape index (κ1) is 13.8. The molecule has 4 heterocycles. The molecule has 4 aromatic rings. The molecule has 0 atom stereocenters. The lowest BCUT2D eigenvalue weighted by Gasteiger charge is -1.92. The normalized spacial score (nSPS) is 9.82. The third-order valence-corrected chi connectivity index (χ3v) is 3.12. The van der Waals surface area contributed by atoms with Crippen LogP contribution < -0.4 is 0 Å². The number of nitrogens with one attached hydrogen (secondary N) is 2. The monoisotopic (exact) mass is 288 g/mol. The number of nitrogens with zero attached hydrogens (tertiary/aromatic N) is 2. The van der Waals surface area contributed by atoms with Gasteiger partial charge in [0.1, 0.15) is 0 Å². The lowest BCUT2D eigenvalue weighted by Crippen LogP contribution is -1.76. The van der Waals surface area contributed by atoms with Crippen LogP contribution >= 0.6 is 0 Å². The second kappa shape index (κ2) is 7.04. The molecule has 0 fully saturated rings. The van der Waals surface area contributed by atoms with E-state index in [0.717, 1.165) is 22.5 Å². The first-order valence-electron chi connectivity index (χ1n) is 7.02. The van der Waals surface area contributed by atoms with Gasteiger partial charge in [0, 0.05) is 48.3 Å². The van der Waals surface area contributed by atoms with Crippen LogP contribution in [0.5, 0.6) is 0 Å². The molecule has 4 nitrogen and oxygen atoms in total. The lowest BCUT2D eigenvalue weighted by atomic mass is 10.2. The second-order valence-electron chi connectivity index (χ2n) is 4.63. The van der Waals surface area contributed by atoms with E-state index in [2.05, 4.69) is 19.9 Å². The average Bonchev–Trinajstić information content (AvgIpc) is 3.31. The fourth-order valence-corrected chi connectivity index (χ4v) is 2.03. The molecule has 0 saturated carbocycles. The predicted octanol–water partition coefficient (Wildman–Crippen LogP) is 4.15. The second-order valence-corrected chi connectivity index (χ2v) is 4.63. The maximum atomic E-state index is 4.20. The van der Waals surface area contributed by atoms with Gasteiger partial charge < -0.3 is 9.97 Å². The van der Waals surface area contributed by atoms with E-state index >= 15 is 0 Å². The van der Waals surface area contributed by atoms with E-state index < -0.39 is 0 Å². The van der Waals surface area contributed by atoms with Gasteiger partial charge in [-0.2, -0.15) is 0 Å². The van der Waals surface area contributed by atoms with Crippen molar-refractivity contribution in [3.63, 3.8) is 0 Å². The molecule has 0 bridgehead atoms. The zero-order valence-corrected chi connectivity index (χ0v) is 12.0. The Bertz CT molecular complexity index is 691. The highest BCUT2D eigenvalue weighted by molar-refractivity contribution is 5.57. The average molecular weight is 288 g/mol. The van der Waals surface area contributed by atoms with Crippen molar-refractivity contribution in [3.05, 3.63) is 85.7 Å². The molecule has 22 heavy (non-hydrogen) atoms. The van der Waals surface area contributed by atoms with Crippen LogP contribution in [-0.2, 0) is 0 Å². The summed E-state index contributed by atoms with van der Waals surface area (Å²) in [4.78, 5) is 14.4. The molecule has 0 amide bonds. The largest absolute Gasteiger partial charge is 0.367 e. The highest BCUT2D eigenvalue weighted by Crippen LogP contribution is 2.14. The van der Waals surface area contributed by atoms with Gasteiger partial charge in [-0.15, -0.1) is 0 Å². The van der Waals surface area contributed by atoms with Crippen LogP contribution in [0.2, 0.25) is 0 Å². The molecule has 0 aliphatic carbocycles. The van der Waals surface area contributed by atoms with Gasteiger partial charge in [0.05, 0.1) is 11.4 Å². The van der Waals surface area contributed by atoms with E-state index in [1.807, 2.05) is 73.3 Å². The molecule has 4 heteroatoms. The van der Waals surface area contributed by atoms with Crippen LogP contribution in [0.4, 0.5) is 0 Å². The molecule has 108 valence electrons. The van der Waals surface area contributed by atoms with Crippen molar-refractivity contribution in [1.29, 1.82) is 0 Å². The molecule has 4 rings (SSSR count). The summed E-state index contributed by atoms with van der Waals surface area (Å²) in [6, 6.07) is 15.8. The first-order valence-corrected chi connectivity index (χ1v) is 7.02. The van der Waals surface area contributed by atoms with E-state index in [0.29, 0.717) is 0 Å². The van der Waals surface area contributed by atoms with Gasteiger partial charge in [0.15, 0.2) is 0 Å². The van der Waals surface area contributed by atoms with Crippen molar-refractivity contribution >= 4 is 0 Å². The molecule has 0 aromatic carbocycles. The third-order valence-electron chi connectivity index (χ3n) is 3.12. The Morgan fingerprint density at radius 2 is 1.09 bits per heavy atom. The number of pyridine rings is 2. The maximum Gasteiger partial charge on any atom is 0.0717 e. The molecule has 0 aliphatic heterocycles. The number of hydrogen-bond donors (Lipinski definition) is 2. The number of rotatable bonds is 2. The Labute approximate surface area is 128 Å². The molecule has 0 spiro atoms. The van der Waals surface area contributed by atoms with Gasteiger partial charge in [-0.05, 0) is 36.4 Å². The highest BCUT2D eigenvalue weighted by atomic mass is 14.7. The topological polar surface area (TPSA) is 57.4 Å².